The number of non-ortho nitro benzene ring substituents is 1. The molecule has 0 aromatic heterocycles. The summed E-state index contributed by atoms with van der Waals surface area (Å²) >= 11 is 0. The minimum absolute atomic E-state index is 0.0113. The Bertz CT molecular complexity index is 1230. The summed E-state index contributed by atoms with van der Waals surface area (Å²) < 4.78 is 40.3. The van der Waals surface area contributed by atoms with Crippen LogP contribution < -0.4 is 9.62 Å². The van der Waals surface area contributed by atoms with Crippen molar-refractivity contribution in [1.29, 1.82) is 0 Å². The van der Waals surface area contributed by atoms with Gasteiger partial charge in [-0.25, -0.2) is 12.8 Å². The summed E-state index contributed by atoms with van der Waals surface area (Å²) in [6.07, 6.45) is 4.51. The lowest BCUT2D eigenvalue weighted by molar-refractivity contribution is -0.384. The zero-order chi connectivity index (χ0) is 26.5. The normalized spacial score (nSPS) is 14.8. The van der Waals surface area contributed by atoms with Gasteiger partial charge in [0, 0.05) is 30.3 Å². The maximum absolute atomic E-state index is 14.4. The number of nitrogens with one attached hydrogen (secondary N) is 1. The standard InChI is InChI=1S/C24H29FN4O6S/c1-17(24(31)26-19-9-4-5-10-19)27(15-18-8-3-6-13-22(18)25)23(30)16-28(36(2,34)35)20-11-7-12-21(14-20)29(32)33/h3,6-8,11-14,17,19H,4-5,9-10,15-16H2,1-2H3,(H,26,31)/t17-/m0/s1. The van der Waals surface area contributed by atoms with Crippen LogP contribution in [0.3, 0.4) is 0 Å². The van der Waals surface area contributed by atoms with Crippen LogP contribution in [0.25, 0.3) is 0 Å². The minimum Gasteiger partial charge on any atom is -0.352 e. The summed E-state index contributed by atoms with van der Waals surface area (Å²) in [4.78, 5) is 38.1. The smallest absolute Gasteiger partial charge is 0.271 e. The average Bonchev–Trinajstić information content (AvgIpc) is 3.33. The molecule has 1 saturated carbocycles. The first kappa shape index (κ1) is 27.1. The van der Waals surface area contributed by atoms with E-state index in [1.807, 2.05) is 0 Å². The number of amides is 2. The molecule has 0 saturated heterocycles. The van der Waals surface area contributed by atoms with E-state index in [1.165, 1.54) is 43.3 Å². The van der Waals surface area contributed by atoms with Gasteiger partial charge in [0.25, 0.3) is 5.69 Å². The molecule has 1 aliphatic carbocycles. The van der Waals surface area contributed by atoms with Crippen LogP contribution in [0.15, 0.2) is 48.5 Å². The quantitative estimate of drug-likeness (QED) is 0.379. The Labute approximate surface area is 209 Å². The molecule has 3 rings (SSSR count). The van der Waals surface area contributed by atoms with E-state index in [9.17, 15) is 32.5 Å². The lowest BCUT2D eigenvalue weighted by Crippen LogP contribution is -2.52. The molecule has 10 nitrogen and oxygen atoms in total. The molecule has 2 aromatic rings. The van der Waals surface area contributed by atoms with Gasteiger partial charge in [0.15, 0.2) is 0 Å². The van der Waals surface area contributed by atoms with E-state index in [-0.39, 0.29) is 29.5 Å². The van der Waals surface area contributed by atoms with Gasteiger partial charge in [-0.1, -0.05) is 37.1 Å². The molecule has 2 amide bonds. The molecule has 12 heteroatoms. The number of benzene rings is 2. The lowest BCUT2D eigenvalue weighted by atomic mass is 10.1. The SMILES string of the molecule is C[C@@H](C(=O)NC1CCCC1)N(Cc1ccccc1F)C(=O)CN(c1cccc([N+](=O)[O-])c1)S(C)(=O)=O. The van der Waals surface area contributed by atoms with Crippen molar-refractivity contribution in [2.45, 2.75) is 51.2 Å². The fourth-order valence-corrected chi connectivity index (χ4v) is 5.00. The first-order chi connectivity index (χ1) is 17.0. The molecule has 194 valence electrons. The molecule has 0 unspecified atom stereocenters. The highest BCUT2D eigenvalue weighted by atomic mass is 32.2. The fraction of sp³-hybridized carbons (Fsp3) is 0.417. The van der Waals surface area contributed by atoms with Crippen LogP contribution in [-0.2, 0) is 26.2 Å². The van der Waals surface area contributed by atoms with E-state index in [1.54, 1.807) is 6.07 Å². The van der Waals surface area contributed by atoms with Gasteiger partial charge in [0.2, 0.25) is 21.8 Å². The molecule has 1 fully saturated rings. The molecule has 2 aromatic carbocycles. The van der Waals surface area contributed by atoms with Crippen molar-refractivity contribution in [3.8, 4) is 0 Å². The summed E-state index contributed by atoms with van der Waals surface area (Å²) in [6, 6.07) is 9.65. The summed E-state index contributed by atoms with van der Waals surface area (Å²) in [7, 11) is -4.05. The minimum atomic E-state index is -4.05. The van der Waals surface area contributed by atoms with Gasteiger partial charge in [-0.15, -0.1) is 0 Å². The first-order valence-corrected chi connectivity index (χ1v) is 13.4. The Kier molecular flexibility index (Phi) is 8.62. The fourth-order valence-electron chi connectivity index (χ4n) is 4.16. The monoisotopic (exact) mass is 520 g/mol. The Morgan fingerprint density at radius 1 is 1.17 bits per heavy atom. The second-order valence-electron chi connectivity index (χ2n) is 8.83. The third-order valence-electron chi connectivity index (χ3n) is 6.18. The first-order valence-electron chi connectivity index (χ1n) is 11.5. The zero-order valence-electron chi connectivity index (χ0n) is 20.1. The lowest BCUT2D eigenvalue weighted by Gasteiger charge is -2.32. The van der Waals surface area contributed by atoms with Crippen LogP contribution in [0.1, 0.15) is 38.2 Å². The van der Waals surface area contributed by atoms with Crippen LogP contribution in [-0.4, -0.2) is 54.9 Å². The van der Waals surface area contributed by atoms with Gasteiger partial charge >= 0.3 is 0 Å². The van der Waals surface area contributed by atoms with E-state index < -0.39 is 45.2 Å². The van der Waals surface area contributed by atoms with Crippen molar-refractivity contribution < 1.29 is 27.3 Å². The van der Waals surface area contributed by atoms with Crippen LogP contribution >= 0.6 is 0 Å². The van der Waals surface area contributed by atoms with Gasteiger partial charge in [0.1, 0.15) is 18.4 Å². The van der Waals surface area contributed by atoms with Crippen LogP contribution in [0.4, 0.5) is 15.8 Å². The van der Waals surface area contributed by atoms with Crippen LogP contribution in [0, 0.1) is 15.9 Å². The molecule has 1 N–H and O–H groups in total. The zero-order valence-corrected chi connectivity index (χ0v) is 20.9. The number of sulfonamides is 1. The number of hydrogen-bond acceptors (Lipinski definition) is 6. The van der Waals surface area contributed by atoms with E-state index in [0.29, 0.717) is 0 Å². The van der Waals surface area contributed by atoms with Crippen molar-refractivity contribution in [2.75, 3.05) is 17.1 Å². The number of carbonyl (C=O) groups is 2. The molecular weight excluding hydrogens is 491 g/mol. The van der Waals surface area contributed by atoms with E-state index in [0.717, 1.165) is 47.2 Å². The Balaban J connectivity index is 1.91. The van der Waals surface area contributed by atoms with Gasteiger partial charge in [-0.05, 0) is 31.9 Å². The molecule has 0 bridgehead atoms. The number of anilines is 1. The van der Waals surface area contributed by atoms with E-state index in [2.05, 4.69) is 5.32 Å². The van der Waals surface area contributed by atoms with Gasteiger partial charge in [0.05, 0.1) is 16.9 Å². The van der Waals surface area contributed by atoms with Gasteiger partial charge in [-0.3, -0.25) is 24.0 Å². The molecule has 1 atom stereocenters. The van der Waals surface area contributed by atoms with E-state index >= 15 is 0 Å². The maximum Gasteiger partial charge on any atom is 0.271 e. The third-order valence-corrected chi connectivity index (χ3v) is 7.32. The van der Waals surface area contributed by atoms with Crippen molar-refractivity contribution in [3.63, 3.8) is 0 Å². The summed E-state index contributed by atoms with van der Waals surface area (Å²) in [5.74, 6) is -1.76. The van der Waals surface area contributed by atoms with Crippen molar-refractivity contribution in [2.24, 2.45) is 0 Å². The Morgan fingerprint density at radius 3 is 2.44 bits per heavy atom. The highest BCUT2D eigenvalue weighted by Gasteiger charge is 2.32. The second-order valence-corrected chi connectivity index (χ2v) is 10.7. The van der Waals surface area contributed by atoms with Gasteiger partial charge in [-0.2, -0.15) is 0 Å². The number of hydrogen-bond donors (Lipinski definition) is 1. The second kappa shape index (κ2) is 11.5. The van der Waals surface area contributed by atoms with Crippen molar-refractivity contribution in [1.82, 2.24) is 10.2 Å². The number of halogens is 1. The van der Waals surface area contributed by atoms with Crippen LogP contribution in [0.5, 0.6) is 0 Å². The molecule has 0 heterocycles. The predicted molar refractivity (Wildman–Crippen MR) is 132 cm³/mol. The highest BCUT2D eigenvalue weighted by molar-refractivity contribution is 7.92. The average molecular weight is 521 g/mol. The van der Waals surface area contributed by atoms with Gasteiger partial charge < -0.3 is 10.2 Å². The summed E-state index contributed by atoms with van der Waals surface area (Å²) in [6.45, 7) is 0.508. The van der Waals surface area contributed by atoms with Crippen molar-refractivity contribution in [3.05, 3.63) is 70.0 Å². The molecule has 0 radical (unpaired) electrons. The molecule has 36 heavy (non-hydrogen) atoms. The summed E-state index contributed by atoms with van der Waals surface area (Å²) in [5.41, 5.74) is -0.261. The number of nitro benzene ring substituents is 1. The molecular formula is C24H29FN4O6S. The number of nitro groups is 1. The maximum atomic E-state index is 14.4. The highest BCUT2D eigenvalue weighted by Crippen LogP contribution is 2.24. The Hall–Kier alpha value is -3.54. The molecule has 0 spiro atoms. The van der Waals surface area contributed by atoms with Crippen LogP contribution in [0.2, 0.25) is 0 Å². The topological polar surface area (TPSA) is 130 Å². The molecule has 0 aliphatic heterocycles. The van der Waals surface area contributed by atoms with E-state index in [4.69, 9.17) is 0 Å². The number of nitrogens with zero attached hydrogens (tertiary/aromatic N) is 3. The Morgan fingerprint density at radius 2 is 1.83 bits per heavy atom. The number of rotatable bonds is 10. The molecule has 1 aliphatic rings. The largest absolute Gasteiger partial charge is 0.352 e. The number of carbonyl (C=O) groups excluding carboxylic acids is 2. The van der Waals surface area contributed by atoms with Crippen molar-refractivity contribution >= 4 is 33.2 Å². The predicted octanol–water partition coefficient (Wildman–Crippen LogP) is 2.98. The third kappa shape index (κ3) is 6.78. The summed E-state index contributed by atoms with van der Waals surface area (Å²) in [5, 5.41) is 14.1.